The Balaban J connectivity index is 1.51. The van der Waals surface area contributed by atoms with Crippen LogP contribution in [0.15, 0.2) is 58.5 Å². The number of halogens is 1. The van der Waals surface area contributed by atoms with E-state index >= 15 is 0 Å². The second-order valence-corrected chi connectivity index (χ2v) is 8.69. The van der Waals surface area contributed by atoms with Crippen LogP contribution in [0.2, 0.25) is 0 Å². The van der Waals surface area contributed by atoms with Gasteiger partial charge in [0.2, 0.25) is 5.91 Å². The van der Waals surface area contributed by atoms with E-state index in [2.05, 4.69) is 5.32 Å². The number of carbonyl (C=O) groups excluding carboxylic acids is 2. The van der Waals surface area contributed by atoms with Crippen molar-refractivity contribution < 1.29 is 23.1 Å². The average molecular weight is 472 g/mol. The number of benzene rings is 1. The van der Waals surface area contributed by atoms with Crippen molar-refractivity contribution in [1.29, 1.82) is 0 Å². The van der Waals surface area contributed by atoms with Gasteiger partial charge in [-0.25, -0.2) is 9.18 Å². The molecule has 174 valence electrons. The van der Waals surface area contributed by atoms with Crippen molar-refractivity contribution >= 4 is 23.3 Å². The van der Waals surface area contributed by atoms with Gasteiger partial charge in [0.25, 0.3) is 0 Å². The second kappa shape index (κ2) is 10.5. The highest BCUT2D eigenvalue weighted by Crippen LogP contribution is 2.34. The standard InChI is InChI=1S/C24H26FN3O4S/c1-2-26-24(30)27(14-19-7-4-11-31-19)15-23(29)28-10-8-22-20(9-12-33-22)21(28)16-32-18-6-3-5-17(25)13-18/h3-7,9,11-13,21H,2,8,10,14-16H2,1H3,(H,26,30)/t21-/m0/s1. The summed E-state index contributed by atoms with van der Waals surface area (Å²) in [4.78, 5) is 30.4. The number of rotatable bonds is 8. The van der Waals surface area contributed by atoms with Crippen LogP contribution < -0.4 is 10.1 Å². The van der Waals surface area contributed by atoms with Crippen LogP contribution in [-0.4, -0.2) is 48.0 Å². The summed E-state index contributed by atoms with van der Waals surface area (Å²) < 4.78 is 24.8. The van der Waals surface area contributed by atoms with Gasteiger partial charge < -0.3 is 24.3 Å². The molecule has 9 heteroatoms. The number of urea groups is 1. The molecule has 3 amide bonds. The van der Waals surface area contributed by atoms with Crippen LogP contribution in [0.1, 0.15) is 29.2 Å². The maximum Gasteiger partial charge on any atom is 0.318 e. The number of fused-ring (bicyclic) bond motifs is 1. The van der Waals surface area contributed by atoms with Gasteiger partial charge in [0, 0.05) is 24.0 Å². The van der Waals surface area contributed by atoms with Crippen molar-refractivity contribution in [2.24, 2.45) is 0 Å². The average Bonchev–Trinajstić information content (AvgIpc) is 3.49. The highest BCUT2D eigenvalue weighted by atomic mass is 32.1. The second-order valence-electron chi connectivity index (χ2n) is 7.69. The molecular formula is C24H26FN3O4S. The Morgan fingerprint density at radius 3 is 2.94 bits per heavy atom. The van der Waals surface area contributed by atoms with Crippen LogP contribution in [0.4, 0.5) is 9.18 Å². The number of ether oxygens (including phenoxy) is 1. The van der Waals surface area contributed by atoms with Gasteiger partial charge in [0.05, 0.1) is 18.8 Å². The summed E-state index contributed by atoms with van der Waals surface area (Å²) in [7, 11) is 0. The zero-order valence-electron chi connectivity index (χ0n) is 18.3. The number of hydrogen-bond donors (Lipinski definition) is 1. The SMILES string of the molecule is CCNC(=O)N(CC(=O)N1CCc2sccc2[C@@H]1COc1cccc(F)c1)Cc1ccco1. The molecule has 3 heterocycles. The van der Waals surface area contributed by atoms with Gasteiger partial charge >= 0.3 is 6.03 Å². The first kappa shape index (κ1) is 22.8. The number of amides is 3. The highest BCUT2D eigenvalue weighted by Gasteiger charge is 2.33. The van der Waals surface area contributed by atoms with E-state index < -0.39 is 0 Å². The van der Waals surface area contributed by atoms with Crippen molar-refractivity contribution in [1.82, 2.24) is 15.1 Å². The Bertz CT molecular complexity index is 1090. The number of nitrogens with one attached hydrogen (secondary N) is 1. The predicted molar refractivity (Wildman–Crippen MR) is 123 cm³/mol. The summed E-state index contributed by atoms with van der Waals surface area (Å²) >= 11 is 1.65. The lowest BCUT2D eigenvalue weighted by Crippen LogP contribution is -2.49. The molecule has 1 aliphatic heterocycles. The molecule has 0 fully saturated rings. The summed E-state index contributed by atoms with van der Waals surface area (Å²) in [6.45, 7) is 3.09. The van der Waals surface area contributed by atoms with E-state index in [0.29, 0.717) is 24.6 Å². The zero-order chi connectivity index (χ0) is 23.2. The predicted octanol–water partition coefficient (Wildman–Crippen LogP) is 4.22. The van der Waals surface area contributed by atoms with Gasteiger partial charge in [-0.2, -0.15) is 0 Å². The molecule has 4 rings (SSSR count). The maximum absolute atomic E-state index is 13.6. The Morgan fingerprint density at radius 2 is 2.18 bits per heavy atom. The minimum Gasteiger partial charge on any atom is -0.491 e. The first-order chi connectivity index (χ1) is 16.0. The van der Waals surface area contributed by atoms with E-state index in [9.17, 15) is 14.0 Å². The molecule has 1 N–H and O–H groups in total. The van der Waals surface area contributed by atoms with E-state index in [0.717, 1.165) is 12.0 Å². The lowest BCUT2D eigenvalue weighted by molar-refractivity contribution is -0.135. The fourth-order valence-corrected chi connectivity index (χ4v) is 4.84. The van der Waals surface area contributed by atoms with Crippen molar-refractivity contribution in [3.8, 4) is 5.75 Å². The van der Waals surface area contributed by atoms with E-state index in [1.807, 2.05) is 18.4 Å². The van der Waals surface area contributed by atoms with Crippen LogP contribution >= 0.6 is 11.3 Å². The van der Waals surface area contributed by atoms with Gasteiger partial charge in [-0.1, -0.05) is 6.07 Å². The Morgan fingerprint density at radius 1 is 1.30 bits per heavy atom. The van der Waals surface area contributed by atoms with Gasteiger partial charge in [0.1, 0.15) is 30.5 Å². The Hall–Kier alpha value is -3.33. The van der Waals surface area contributed by atoms with Crippen molar-refractivity contribution in [2.75, 3.05) is 26.2 Å². The number of hydrogen-bond acceptors (Lipinski definition) is 5. The summed E-state index contributed by atoms with van der Waals surface area (Å²) in [6, 6.07) is 10.8. The molecular weight excluding hydrogens is 445 g/mol. The topological polar surface area (TPSA) is 75.0 Å². The lowest BCUT2D eigenvalue weighted by Gasteiger charge is -2.37. The lowest BCUT2D eigenvalue weighted by atomic mass is 10.0. The highest BCUT2D eigenvalue weighted by molar-refractivity contribution is 7.10. The molecule has 7 nitrogen and oxygen atoms in total. The monoisotopic (exact) mass is 471 g/mol. The smallest absolute Gasteiger partial charge is 0.318 e. The quantitative estimate of drug-likeness (QED) is 0.534. The molecule has 0 saturated heterocycles. The molecule has 1 aromatic carbocycles. The molecule has 0 spiro atoms. The molecule has 33 heavy (non-hydrogen) atoms. The molecule has 1 aliphatic rings. The minimum absolute atomic E-state index is 0.0948. The number of carbonyl (C=O) groups is 2. The third kappa shape index (κ3) is 5.54. The fraction of sp³-hybridized carbons (Fsp3) is 0.333. The summed E-state index contributed by atoms with van der Waals surface area (Å²) in [5.74, 6) is 0.443. The van der Waals surface area contributed by atoms with E-state index in [1.165, 1.54) is 28.2 Å². The largest absolute Gasteiger partial charge is 0.491 e. The third-order valence-corrected chi connectivity index (χ3v) is 6.48. The molecule has 2 aromatic heterocycles. The molecule has 0 bridgehead atoms. The van der Waals surface area contributed by atoms with Gasteiger partial charge in [-0.3, -0.25) is 4.79 Å². The van der Waals surface area contributed by atoms with Gasteiger partial charge in [-0.15, -0.1) is 11.3 Å². The van der Waals surface area contributed by atoms with Crippen molar-refractivity contribution in [2.45, 2.75) is 25.9 Å². The molecule has 0 aliphatic carbocycles. The van der Waals surface area contributed by atoms with Crippen LogP contribution in [0, 0.1) is 5.82 Å². The number of furan rings is 1. The Labute approximate surface area is 195 Å². The fourth-order valence-electron chi connectivity index (χ4n) is 3.91. The van der Waals surface area contributed by atoms with Crippen LogP contribution in [-0.2, 0) is 17.8 Å². The van der Waals surface area contributed by atoms with E-state index in [-0.39, 0.29) is 43.5 Å². The minimum atomic E-state index is -0.379. The van der Waals surface area contributed by atoms with Crippen LogP contribution in [0.3, 0.4) is 0 Å². The van der Waals surface area contributed by atoms with Crippen molar-refractivity contribution in [3.05, 3.63) is 76.1 Å². The number of thiophene rings is 1. The molecule has 1 atom stereocenters. The van der Waals surface area contributed by atoms with Gasteiger partial charge in [0.15, 0.2) is 0 Å². The van der Waals surface area contributed by atoms with E-state index in [4.69, 9.17) is 9.15 Å². The van der Waals surface area contributed by atoms with Crippen LogP contribution in [0.5, 0.6) is 5.75 Å². The Kier molecular flexibility index (Phi) is 7.29. The molecule has 0 saturated carbocycles. The summed E-state index contributed by atoms with van der Waals surface area (Å²) in [6.07, 6.45) is 2.28. The van der Waals surface area contributed by atoms with Crippen LogP contribution in [0.25, 0.3) is 0 Å². The maximum atomic E-state index is 13.6. The first-order valence-electron chi connectivity index (χ1n) is 10.8. The van der Waals surface area contributed by atoms with Crippen molar-refractivity contribution in [3.63, 3.8) is 0 Å². The normalized spacial score (nSPS) is 15.1. The zero-order valence-corrected chi connectivity index (χ0v) is 19.1. The number of nitrogens with zero attached hydrogens (tertiary/aromatic N) is 2. The van der Waals surface area contributed by atoms with Gasteiger partial charge in [-0.05, 0) is 54.6 Å². The molecule has 3 aromatic rings. The third-order valence-electron chi connectivity index (χ3n) is 5.49. The molecule has 0 radical (unpaired) electrons. The molecule has 0 unspecified atom stereocenters. The first-order valence-corrected chi connectivity index (χ1v) is 11.7. The summed E-state index contributed by atoms with van der Waals surface area (Å²) in [5.41, 5.74) is 1.03. The van der Waals surface area contributed by atoms with E-state index in [1.54, 1.807) is 40.5 Å². The summed E-state index contributed by atoms with van der Waals surface area (Å²) in [5, 5.41) is 4.76.